The molecule has 0 unspecified atom stereocenters. The van der Waals surface area contributed by atoms with Crippen LogP contribution < -0.4 is 30.4 Å². The first-order valence-corrected chi connectivity index (χ1v) is 16.3. The van der Waals surface area contributed by atoms with Gasteiger partial charge >= 0.3 is 11.9 Å². The number of nitrogens with two attached hydrogens (primary N) is 2. The number of methoxy groups -OCH3 is 2. The Hall–Kier alpha value is -7.10. The number of carboxylic acid groups (broad SMARTS) is 2. The average Bonchev–Trinajstić information content (AvgIpc) is 3.70. The average molecular weight is 721 g/mol. The van der Waals surface area contributed by atoms with E-state index in [4.69, 9.17) is 40.4 Å². The maximum atomic E-state index is 12.7. The molecule has 0 saturated carbocycles. The van der Waals surface area contributed by atoms with Crippen molar-refractivity contribution in [2.24, 2.45) is 11.5 Å². The highest BCUT2D eigenvalue weighted by molar-refractivity contribution is 6.04. The van der Waals surface area contributed by atoms with Crippen molar-refractivity contribution < 1.29 is 48.3 Å². The van der Waals surface area contributed by atoms with Gasteiger partial charge in [0.2, 0.25) is 0 Å². The molecule has 8 rings (SSSR count). The summed E-state index contributed by atoms with van der Waals surface area (Å²) < 4.78 is 26.6. The lowest BCUT2D eigenvalue weighted by atomic mass is 10.1. The van der Waals surface area contributed by atoms with Gasteiger partial charge < -0.3 is 49.8 Å². The first-order valence-electron chi connectivity index (χ1n) is 16.3. The molecule has 0 saturated heterocycles. The van der Waals surface area contributed by atoms with Crippen molar-refractivity contribution in [2.75, 3.05) is 27.4 Å². The normalized spacial score (nSPS) is 12.9. The summed E-state index contributed by atoms with van der Waals surface area (Å²) in [6.45, 7) is 0.569. The van der Waals surface area contributed by atoms with Crippen LogP contribution in [0.4, 0.5) is 0 Å². The number of fused-ring (bicyclic) bond motifs is 9. The Balaban J connectivity index is 1.53. The highest BCUT2D eigenvalue weighted by atomic mass is 16.5. The van der Waals surface area contributed by atoms with Gasteiger partial charge in [-0.15, -0.1) is 0 Å². The number of carbonyl (C=O) groups is 4. The Morgan fingerprint density at radius 3 is 1.60 bits per heavy atom. The molecule has 53 heavy (non-hydrogen) atoms. The maximum Gasteiger partial charge on any atom is 0.336 e. The second-order valence-corrected chi connectivity index (χ2v) is 12.0. The summed E-state index contributed by atoms with van der Waals surface area (Å²) in [5.74, 6) is -2.62. The Labute approximate surface area is 300 Å². The molecule has 6 aromatic rings. The van der Waals surface area contributed by atoms with Crippen LogP contribution in [0.2, 0.25) is 0 Å². The number of amides is 2. The van der Waals surface area contributed by atoms with E-state index in [1.54, 1.807) is 45.5 Å². The van der Waals surface area contributed by atoms with Crippen molar-refractivity contribution in [3.05, 3.63) is 82.9 Å². The summed E-state index contributed by atoms with van der Waals surface area (Å²) in [5.41, 5.74) is 13.2. The Bertz CT molecular complexity index is 2500. The van der Waals surface area contributed by atoms with Crippen molar-refractivity contribution in [2.45, 2.75) is 19.5 Å². The van der Waals surface area contributed by atoms with Gasteiger partial charge in [-0.1, -0.05) is 0 Å². The molecule has 0 atom stereocenters. The Kier molecular flexibility index (Phi) is 8.79. The van der Waals surface area contributed by atoms with Gasteiger partial charge in [0.1, 0.15) is 34.2 Å². The van der Waals surface area contributed by atoms with Crippen LogP contribution in [0.15, 0.2) is 60.7 Å². The maximum absolute atomic E-state index is 12.7. The van der Waals surface area contributed by atoms with Gasteiger partial charge in [0.15, 0.2) is 11.5 Å². The molecule has 4 aromatic carbocycles. The van der Waals surface area contributed by atoms with Crippen molar-refractivity contribution in [3.8, 4) is 45.8 Å². The zero-order valence-electron chi connectivity index (χ0n) is 28.4. The molecule has 2 amide bonds. The molecule has 6 N–H and O–H groups in total. The lowest BCUT2D eigenvalue weighted by molar-refractivity contribution is 0.0686. The van der Waals surface area contributed by atoms with E-state index in [-0.39, 0.29) is 93.9 Å². The number of aromatic carboxylic acids is 2. The number of imidazole rings is 2. The van der Waals surface area contributed by atoms with Crippen LogP contribution in [-0.4, -0.2) is 80.5 Å². The lowest BCUT2D eigenvalue weighted by Gasteiger charge is -2.17. The fourth-order valence-electron chi connectivity index (χ4n) is 6.61. The molecule has 4 heterocycles. The number of aromatic nitrogens is 4. The zero-order chi connectivity index (χ0) is 37.6. The number of rotatable bonds is 6. The molecule has 0 aliphatic carbocycles. The van der Waals surface area contributed by atoms with Crippen LogP contribution in [0, 0.1) is 0 Å². The highest BCUT2D eigenvalue weighted by Crippen LogP contribution is 2.38. The minimum atomic E-state index is -1.23. The molecule has 4 bridgehead atoms. The number of nitrogens with zero attached hydrogens (tertiary/aromatic N) is 4. The van der Waals surface area contributed by atoms with Gasteiger partial charge in [0.05, 0.1) is 60.7 Å². The van der Waals surface area contributed by atoms with Crippen LogP contribution in [0.5, 0.6) is 23.0 Å². The fourth-order valence-corrected chi connectivity index (χ4v) is 6.61. The molecular formula is C37H32N6O10. The van der Waals surface area contributed by atoms with Crippen molar-refractivity contribution in [3.63, 3.8) is 0 Å². The monoisotopic (exact) mass is 720 g/mol. The smallest absolute Gasteiger partial charge is 0.336 e. The van der Waals surface area contributed by atoms with Crippen LogP contribution in [0.1, 0.15) is 47.9 Å². The van der Waals surface area contributed by atoms with Gasteiger partial charge in [0.25, 0.3) is 11.8 Å². The van der Waals surface area contributed by atoms with Gasteiger partial charge in [-0.25, -0.2) is 19.6 Å². The number of ether oxygens (including phenoxy) is 4. The summed E-state index contributed by atoms with van der Waals surface area (Å²) >= 11 is 0. The van der Waals surface area contributed by atoms with Crippen molar-refractivity contribution >= 4 is 45.8 Å². The first-order chi connectivity index (χ1) is 25.5. The summed E-state index contributed by atoms with van der Waals surface area (Å²) in [6, 6.07) is 15.5. The SMILES string of the molecule is COc1c(C(N)=O)ccc2c1nc1n2CCn2c(nc3c(OC)c(C(N)=O)ccc32)-c2cc(ccc2C(=O)O)OCCCOc2ccc-1c(C(=O)O)c2. The molecule has 16 heteroatoms. The van der Waals surface area contributed by atoms with E-state index in [2.05, 4.69) is 0 Å². The minimum Gasteiger partial charge on any atom is -0.494 e. The number of carbonyl (C=O) groups excluding carboxylic acids is 2. The van der Waals surface area contributed by atoms with Gasteiger partial charge in [-0.2, -0.15) is 0 Å². The number of hydrogen-bond acceptors (Lipinski definition) is 10. The molecule has 2 aliphatic rings. The second kappa shape index (κ2) is 13.6. The molecule has 2 aromatic heterocycles. The second-order valence-electron chi connectivity index (χ2n) is 12.0. The predicted octanol–water partition coefficient (Wildman–Crippen LogP) is 4.19. The number of hydrogen-bond donors (Lipinski definition) is 4. The van der Waals surface area contributed by atoms with E-state index < -0.39 is 23.8 Å². The van der Waals surface area contributed by atoms with E-state index in [0.29, 0.717) is 29.0 Å². The van der Waals surface area contributed by atoms with E-state index >= 15 is 0 Å². The minimum absolute atomic E-state index is 0.0659. The number of carboxylic acids is 2. The molecule has 270 valence electrons. The number of aryl methyl sites for hydroxylation is 2. The first kappa shape index (κ1) is 34.4. The van der Waals surface area contributed by atoms with E-state index in [1.807, 2.05) is 0 Å². The highest BCUT2D eigenvalue weighted by Gasteiger charge is 2.27. The number of primary amides is 2. The fraction of sp³-hybridized carbons (Fsp3) is 0.189. The Morgan fingerprint density at radius 2 is 1.11 bits per heavy atom. The third-order valence-corrected chi connectivity index (χ3v) is 8.99. The van der Waals surface area contributed by atoms with E-state index in [1.165, 1.54) is 38.5 Å². The summed E-state index contributed by atoms with van der Waals surface area (Å²) in [6.07, 6.45) is 0.406. The van der Waals surface area contributed by atoms with Crippen LogP contribution >= 0.6 is 0 Å². The van der Waals surface area contributed by atoms with E-state index in [0.717, 1.165) is 0 Å². The number of benzene rings is 4. The third kappa shape index (κ3) is 5.94. The molecule has 0 fully saturated rings. The van der Waals surface area contributed by atoms with Crippen LogP contribution in [-0.2, 0) is 13.1 Å². The molecule has 0 spiro atoms. The largest absolute Gasteiger partial charge is 0.494 e. The molecule has 2 aliphatic heterocycles. The topological polar surface area (TPSA) is 233 Å². The summed E-state index contributed by atoms with van der Waals surface area (Å²) in [5, 5.41) is 20.7. The zero-order valence-corrected chi connectivity index (χ0v) is 28.4. The lowest BCUT2D eigenvalue weighted by Crippen LogP contribution is -2.14. The van der Waals surface area contributed by atoms with E-state index in [9.17, 15) is 29.4 Å². The predicted molar refractivity (Wildman–Crippen MR) is 190 cm³/mol. The van der Waals surface area contributed by atoms with Gasteiger partial charge in [-0.05, 0) is 60.7 Å². The molecule has 16 nitrogen and oxygen atoms in total. The van der Waals surface area contributed by atoms with Gasteiger partial charge in [0, 0.05) is 30.6 Å². The van der Waals surface area contributed by atoms with Crippen LogP contribution in [0.25, 0.3) is 44.8 Å². The summed E-state index contributed by atoms with van der Waals surface area (Å²) in [7, 11) is 2.74. The molecular weight excluding hydrogens is 688 g/mol. The quantitative estimate of drug-likeness (QED) is 0.190. The Morgan fingerprint density at radius 1 is 0.642 bits per heavy atom. The summed E-state index contributed by atoms with van der Waals surface area (Å²) in [4.78, 5) is 59.7. The third-order valence-electron chi connectivity index (χ3n) is 8.99. The van der Waals surface area contributed by atoms with Gasteiger partial charge in [-0.3, -0.25) is 9.59 Å². The van der Waals surface area contributed by atoms with Crippen LogP contribution in [0.3, 0.4) is 0 Å². The van der Waals surface area contributed by atoms with Crippen molar-refractivity contribution in [1.82, 2.24) is 19.1 Å². The standard InChI is InChI=1S/C37H32N6O10/c1-50-30-22(32(38)44)8-10-26-28(30)40-34-20-6-4-19(17-25(20)37(48)49)53-15-3-14-52-18-5-7-21(36(46)47)24(16-18)35-41-29-27(43(35)13-12-42(26)34)11-9-23(33(39)45)31(29)51-2/h4-11,16-17H,3,12-15H2,1-2H3,(H2,38,44)(H2,39,45)(H,46,47)(H,48,49). The van der Waals surface area contributed by atoms with Crippen molar-refractivity contribution in [1.29, 1.82) is 0 Å². The molecule has 0 radical (unpaired) electrons.